The van der Waals surface area contributed by atoms with Crippen molar-refractivity contribution in [2.45, 2.75) is 45.1 Å². The molecular formula is C23H30ClN5O3S. The number of aromatic nitrogens is 2. The van der Waals surface area contributed by atoms with Crippen LogP contribution in [-0.2, 0) is 14.8 Å². The van der Waals surface area contributed by atoms with Crippen LogP contribution in [0.25, 0.3) is 11.1 Å². The first-order valence-corrected chi connectivity index (χ1v) is 13.5. The van der Waals surface area contributed by atoms with Crippen LogP contribution in [-0.4, -0.2) is 59.4 Å². The number of hydrogen-bond acceptors (Lipinski definition) is 6. The van der Waals surface area contributed by atoms with E-state index < -0.39 is 15.4 Å². The maximum absolute atomic E-state index is 13.9. The van der Waals surface area contributed by atoms with Gasteiger partial charge in [0.25, 0.3) is 0 Å². The highest BCUT2D eigenvalue weighted by atomic mass is 35.5. The van der Waals surface area contributed by atoms with E-state index in [2.05, 4.69) is 9.97 Å². The summed E-state index contributed by atoms with van der Waals surface area (Å²) in [5, 5.41) is 0.638. The number of nitrogens with two attached hydrogens (primary N) is 1. The van der Waals surface area contributed by atoms with Crippen molar-refractivity contribution >= 4 is 33.5 Å². The molecule has 2 saturated heterocycles. The van der Waals surface area contributed by atoms with Crippen LogP contribution in [0.1, 0.15) is 50.8 Å². The smallest absolute Gasteiger partial charge is 0.229 e. The molecule has 2 N–H and O–H groups in total. The van der Waals surface area contributed by atoms with Gasteiger partial charge >= 0.3 is 0 Å². The molecule has 1 aromatic heterocycles. The van der Waals surface area contributed by atoms with E-state index in [1.54, 1.807) is 6.20 Å². The van der Waals surface area contributed by atoms with Crippen molar-refractivity contribution in [2.75, 3.05) is 31.6 Å². The summed E-state index contributed by atoms with van der Waals surface area (Å²) in [5.41, 5.74) is 7.86. The Hall–Kier alpha value is -2.23. The Bertz CT molecular complexity index is 1130. The number of anilines is 1. The predicted molar refractivity (Wildman–Crippen MR) is 129 cm³/mol. The number of carbonyl (C=O) groups excluding carboxylic acids is 1. The summed E-state index contributed by atoms with van der Waals surface area (Å²) >= 11 is 6.07. The van der Waals surface area contributed by atoms with Gasteiger partial charge < -0.3 is 10.6 Å². The lowest BCUT2D eigenvalue weighted by Gasteiger charge is -2.44. The Morgan fingerprint density at radius 3 is 2.45 bits per heavy atom. The van der Waals surface area contributed by atoms with E-state index in [0.29, 0.717) is 37.5 Å². The minimum atomic E-state index is -3.26. The number of carbonyl (C=O) groups is 1. The van der Waals surface area contributed by atoms with Gasteiger partial charge in [0.1, 0.15) is 0 Å². The van der Waals surface area contributed by atoms with Crippen LogP contribution in [0.5, 0.6) is 0 Å². The number of nitrogens with zero attached hydrogens (tertiary/aromatic N) is 4. The van der Waals surface area contributed by atoms with Gasteiger partial charge in [-0.05, 0) is 49.8 Å². The fourth-order valence-corrected chi connectivity index (χ4v) is 5.82. The lowest BCUT2D eigenvalue weighted by Crippen LogP contribution is -2.51. The van der Waals surface area contributed by atoms with Crippen LogP contribution in [0, 0.1) is 5.41 Å². The molecule has 178 valence electrons. The van der Waals surface area contributed by atoms with Gasteiger partial charge in [-0.2, -0.15) is 0 Å². The molecule has 10 heteroatoms. The largest absolute Gasteiger partial charge is 0.368 e. The van der Waals surface area contributed by atoms with E-state index in [4.69, 9.17) is 17.3 Å². The molecular weight excluding hydrogens is 462 g/mol. The van der Waals surface area contributed by atoms with Crippen LogP contribution in [0.4, 0.5) is 5.95 Å². The second kappa shape index (κ2) is 9.19. The standard InChI is InChI=1S/C23H30ClN5O3S/c1-23(10-13-28(14-11-23)33(2,31)32)21(30)29-12-4-3-5-19(29)20-18(15-26-22(25)27-20)16-6-8-17(24)9-7-16/h6-9,15,19H,3-5,10-14H2,1-2H3,(H2,25,26,27)/t19-/m1/s1. The summed E-state index contributed by atoms with van der Waals surface area (Å²) in [4.78, 5) is 24.6. The Balaban J connectivity index is 1.65. The van der Waals surface area contributed by atoms with E-state index in [-0.39, 0.29) is 17.9 Å². The Labute approximate surface area is 200 Å². The molecule has 0 radical (unpaired) electrons. The number of likely N-dealkylation sites (tertiary alicyclic amines) is 1. The van der Waals surface area contributed by atoms with Gasteiger partial charge in [0.15, 0.2) is 0 Å². The average Bonchev–Trinajstić information content (AvgIpc) is 2.79. The highest BCUT2D eigenvalue weighted by Crippen LogP contribution is 2.41. The molecule has 0 bridgehead atoms. The maximum Gasteiger partial charge on any atom is 0.229 e. The third-order valence-corrected chi connectivity index (χ3v) is 8.44. The van der Waals surface area contributed by atoms with E-state index in [1.165, 1.54) is 10.6 Å². The van der Waals surface area contributed by atoms with Crippen molar-refractivity contribution < 1.29 is 13.2 Å². The number of sulfonamides is 1. The predicted octanol–water partition coefficient (Wildman–Crippen LogP) is 3.49. The number of nitrogen functional groups attached to an aromatic ring is 1. The maximum atomic E-state index is 13.9. The number of piperidine rings is 2. The Kier molecular flexibility index (Phi) is 6.66. The SMILES string of the molecule is CC1(C(=O)N2CCCC[C@@H]2c2nc(N)ncc2-c2ccc(Cl)cc2)CCN(S(C)(=O)=O)CC1. The van der Waals surface area contributed by atoms with E-state index in [9.17, 15) is 13.2 Å². The van der Waals surface area contributed by atoms with Crippen molar-refractivity contribution in [1.29, 1.82) is 0 Å². The van der Waals surface area contributed by atoms with Gasteiger partial charge in [0.2, 0.25) is 21.9 Å². The van der Waals surface area contributed by atoms with Crippen LogP contribution >= 0.6 is 11.6 Å². The minimum absolute atomic E-state index is 0.0552. The van der Waals surface area contributed by atoms with E-state index >= 15 is 0 Å². The third kappa shape index (κ3) is 5.00. The van der Waals surface area contributed by atoms with Crippen LogP contribution in [0.2, 0.25) is 5.02 Å². The fourth-order valence-electron chi connectivity index (χ4n) is 4.85. The van der Waals surface area contributed by atoms with Crippen molar-refractivity contribution in [2.24, 2.45) is 5.41 Å². The molecule has 1 aromatic carbocycles. The van der Waals surface area contributed by atoms with Crippen molar-refractivity contribution in [3.05, 3.63) is 41.2 Å². The van der Waals surface area contributed by atoms with Crippen LogP contribution < -0.4 is 5.73 Å². The molecule has 2 aliphatic heterocycles. The molecule has 0 saturated carbocycles. The number of rotatable bonds is 4. The zero-order valence-electron chi connectivity index (χ0n) is 19.0. The average molecular weight is 492 g/mol. The van der Waals surface area contributed by atoms with Gasteiger partial charge in [-0.15, -0.1) is 0 Å². The topological polar surface area (TPSA) is 109 Å². The van der Waals surface area contributed by atoms with Crippen molar-refractivity contribution in [3.63, 3.8) is 0 Å². The van der Waals surface area contributed by atoms with Crippen LogP contribution in [0.15, 0.2) is 30.5 Å². The molecule has 33 heavy (non-hydrogen) atoms. The first-order chi connectivity index (χ1) is 15.6. The molecule has 0 aliphatic carbocycles. The first-order valence-electron chi connectivity index (χ1n) is 11.2. The second-order valence-electron chi connectivity index (χ2n) is 9.27. The molecule has 2 aromatic rings. The first kappa shape index (κ1) is 23.9. The number of benzene rings is 1. The molecule has 0 unspecified atom stereocenters. The highest BCUT2D eigenvalue weighted by Gasteiger charge is 2.44. The quantitative estimate of drug-likeness (QED) is 0.701. The molecule has 2 fully saturated rings. The summed E-state index contributed by atoms with van der Waals surface area (Å²) in [7, 11) is -3.26. The third-order valence-electron chi connectivity index (χ3n) is 6.88. The van der Waals surface area contributed by atoms with Gasteiger partial charge in [0, 0.05) is 41.8 Å². The number of amides is 1. The van der Waals surface area contributed by atoms with E-state index in [1.807, 2.05) is 36.1 Å². The summed E-state index contributed by atoms with van der Waals surface area (Å²) < 4.78 is 25.3. The summed E-state index contributed by atoms with van der Waals surface area (Å²) in [6.45, 7) is 3.31. The van der Waals surface area contributed by atoms with Crippen LogP contribution in [0.3, 0.4) is 0 Å². The summed E-state index contributed by atoms with van der Waals surface area (Å²) in [6.07, 6.45) is 6.62. The second-order valence-corrected chi connectivity index (χ2v) is 11.7. The van der Waals surface area contributed by atoms with Crippen molar-refractivity contribution in [3.8, 4) is 11.1 Å². The molecule has 3 heterocycles. The zero-order chi connectivity index (χ0) is 23.8. The van der Waals surface area contributed by atoms with E-state index in [0.717, 1.165) is 36.1 Å². The zero-order valence-corrected chi connectivity index (χ0v) is 20.6. The highest BCUT2D eigenvalue weighted by molar-refractivity contribution is 7.88. The monoisotopic (exact) mass is 491 g/mol. The molecule has 2 aliphatic rings. The minimum Gasteiger partial charge on any atom is -0.368 e. The molecule has 4 rings (SSSR count). The van der Waals surface area contributed by atoms with Gasteiger partial charge in [-0.25, -0.2) is 22.7 Å². The summed E-state index contributed by atoms with van der Waals surface area (Å²) in [5.74, 6) is 0.230. The summed E-state index contributed by atoms with van der Waals surface area (Å²) in [6, 6.07) is 7.25. The number of halogens is 1. The molecule has 1 atom stereocenters. The molecule has 8 nitrogen and oxygen atoms in total. The normalized spacial score (nSPS) is 21.7. The van der Waals surface area contributed by atoms with Gasteiger partial charge in [-0.1, -0.05) is 30.7 Å². The Morgan fingerprint density at radius 2 is 1.82 bits per heavy atom. The number of hydrogen-bond donors (Lipinski definition) is 1. The lowest BCUT2D eigenvalue weighted by atomic mass is 9.78. The lowest BCUT2D eigenvalue weighted by molar-refractivity contribution is -0.147. The Morgan fingerprint density at radius 1 is 1.15 bits per heavy atom. The van der Waals surface area contributed by atoms with Gasteiger partial charge in [-0.3, -0.25) is 4.79 Å². The fraction of sp³-hybridized carbons (Fsp3) is 0.522. The molecule has 1 amide bonds. The molecule has 0 spiro atoms. The van der Waals surface area contributed by atoms with Crippen molar-refractivity contribution in [1.82, 2.24) is 19.2 Å². The van der Waals surface area contributed by atoms with Gasteiger partial charge in [0.05, 0.1) is 18.0 Å².